The summed E-state index contributed by atoms with van der Waals surface area (Å²) < 4.78 is 0. The average Bonchev–Trinajstić information content (AvgIpc) is 4.05. The first-order chi connectivity index (χ1) is 32.5. The quantitative estimate of drug-likeness (QED) is 0.170. The van der Waals surface area contributed by atoms with Gasteiger partial charge < -0.3 is 9.80 Å². The molecule has 2 unspecified atom stereocenters. The summed E-state index contributed by atoms with van der Waals surface area (Å²) in [6, 6.07) is 79.9. The van der Waals surface area contributed by atoms with E-state index >= 15 is 0 Å². The maximum Gasteiger partial charge on any atom is 0.0726 e. The molecule has 14 rings (SSSR count). The van der Waals surface area contributed by atoms with Crippen LogP contribution in [0.5, 0.6) is 0 Å². The molecule has 5 aliphatic rings. The summed E-state index contributed by atoms with van der Waals surface area (Å²) in [4.78, 5) is 5.11. The Labute approximate surface area is 387 Å². The molecule has 0 N–H and O–H groups in total. The van der Waals surface area contributed by atoms with Crippen LogP contribution >= 0.6 is 0 Å². The van der Waals surface area contributed by atoms with Crippen molar-refractivity contribution in [2.75, 3.05) is 9.80 Å². The van der Waals surface area contributed by atoms with Crippen molar-refractivity contribution < 1.29 is 0 Å². The van der Waals surface area contributed by atoms with Crippen molar-refractivity contribution in [3.63, 3.8) is 0 Å². The lowest BCUT2D eigenvalue weighted by atomic mass is 9.70. The summed E-state index contributed by atoms with van der Waals surface area (Å²) in [5, 5.41) is 0. The molecule has 9 aromatic carbocycles. The van der Waals surface area contributed by atoms with Gasteiger partial charge in [-0.15, -0.1) is 0 Å². The zero-order valence-corrected chi connectivity index (χ0v) is 37.0. The second-order valence-corrected chi connectivity index (χ2v) is 19.1. The van der Waals surface area contributed by atoms with E-state index in [9.17, 15) is 0 Å². The summed E-state index contributed by atoms with van der Waals surface area (Å²) in [6.45, 7) is 4.78. The molecule has 0 radical (unpaired) electrons. The SMILES string of the molecule is CC1(C)c2ccccc2-c2ccc(N(c3ccccc3C3=CC4c5ccccc5N(c5ccccc5)C4C=C3)c3cccc4c3-c3ccccc3C43c4ccccc4-c4ccccc43)cc21. The lowest BCUT2D eigenvalue weighted by Crippen LogP contribution is -2.29. The highest BCUT2D eigenvalue weighted by atomic mass is 15.2. The number of allylic oxidation sites excluding steroid dienone is 2. The van der Waals surface area contributed by atoms with Crippen molar-refractivity contribution >= 4 is 34.0 Å². The molecule has 0 amide bonds. The molecule has 1 spiro atoms. The zero-order chi connectivity index (χ0) is 43.7. The fourth-order valence-electron chi connectivity index (χ4n) is 12.9. The van der Waals surface area contributed by atoms with Crippen LogP contribution < -0.4 is 9.80 Å². The van der Waals surface area contributed by atoms with Gasteiger partial charge in [0.15, 0.2) is 0 Å². The topological polar surface area (TPSA) is 6.48 Å². The second kappa shape index (κ2) is 13.8. The van der Waals surface area contributed by atoms with Gasteiger partial charge in [-0.2, -0.15) is 0 Å². The fourth-order valence-corrected chi connectivity index (χ4v) is 12.9. The summed E-state index contributed by atoms with van der Waals surface area (Å²) in [7, 11) is 0. The molecule has 2 heteroatoms. The standard InChI is InChI=1S/C64H46N2/c1-63(2)52-27-12-6-22-45(52)48-37-36-43(40-57(48)63)66(58-32-16-10-21-44(58)41-35-38-60-51(39-41)49-25-11-17-33-59(49)65(60)42-19-4-3-5-20-42)61-34-18-31-56-62(61)50-26-9-15-30-55(50)64(56)53-28-13-7-23-46(53)47-24-8-14-29-54(47)64/h3-40,51,60H,1-2H3. The molecule has 0 saturated carbocycles. The van der Waals surface area contributed by atoms with Gasteiger partial charge in [-0.3, -0.25) is 0 Å². The summed E-state index contributed by atoms with van der Waals surface area (Å²) in [5.74, 6) is 0.192. The molecule has 0 fully saturated rings. The van der Waals surface area contributed by atoms with Crippen molar-refractivity contribution in [1.82, 2.24) is 0 Å². The Hall–Kier alpha value is -7.94. The number of benzene rings is 9. The van der Waals surface area contributed by atoms with Gasteiger partial charge in [0.1, 0.15) is 0 Å². The first kappa shape index (κ1) is 37.4. The van der Waals surface area contributed by atoms with Crippen LogP contribution in [-0.4, -0.2) is 6.04 Å². The highest BCUT2D eigenvalue weighted by molar-refractivity contribution is 6.03. The van der Waals surface area contributed by atoms with E-state index < -0.39 is 5.41 Å². The molecule has 0 saturated heterocycles. The molecule has 1 heterocycles. The molecule has 0 aromatic heterocycles. The maximum atomic E-state index is 2.59. The minimum absolute atomic E-state index is 0.163. The van der Waals surface area contributed by atoms with Gasteiger partial charge in [0.25, 0.3) is 0 Å². The first-order valence-electron chi connectivity index (χ1n) is 23.4. The highest BCUT2D eigenvalue weighted by Gasteiger charge is 2.52. The largest absolute Gasteiger partial charge is 0.333 e. The van der Waals surface area contributed by atoms with Gasteiger partial charge in [0.05, 0.1) is 22.8 Å². The van der Waals surface area contributed by atoms with Crippen molar-refractivity contribution in [1.29, 1.82) is 0 Å². The molecular weight excluding hydrogens is 797 g/mol. The molecule has 4 aliphatic carbocycles. The Morgan fingerprint density at radius 2 is 0.985 bits per heavy atom. The van der Waals surface area contributed by atoms with E-state index in [1.165, 1.54) is 101 Å². The lowest BCUT2D eigenvalue weighted by Gasteiger charge is -2.34. The van der Waals surface area contributed by atoms with E-state index in [-0.39, 0.29) is 17.4 Å². The Bertz CT molecular complexity index is 3510. The van der Waals surface area contributed by atoms with E-state index in [0.29, 0.717) is 0 Å². The van der Waals surface area contributed by atoms with Crippen molar-refractivity contribution in [3.8, 4) is 33.4 Å². The van der Waals surface area contributed by atoms with Gasteiger partial charge in [0.2, 0.25) is 0 Å². The van der Waals surface area contributed by atoms with Crippen LogP contribution in [0.2, 0.25) is 0 Å². The van der Waals surface area contributed by atoms with Crippen LogP contribution in [-0.2, 0) is 10.8 Å². The second-order valence-electron chi connectivity index (χ2n) is 19.1. The number of anilines is 5. The van der Waals surface area contributed by atoms with Crippen LogP contribution in [0.1, 0.15) is 64.3 Å². The zero-order valence-electron chi connectivity index (χ0n) is 37.0. The highest BCUT2D eigenvalue weighted by Crippen LogP contribution is 2.65. The normalized spacial score (nSPS) is 17.8. The molecule has 66 heavy (non-hydrogen) atoms. The first-order valence-corrected chi connectivity index (χ1v) is 23.4. The Kier molecular flexibility index (Phi) is 7.82. The van der Waals surface area contributed by atoms with Crippen molar-refractivity contribution in [3.05, 3.63) is 275 Å². The Morgan fingerprint density at radius 1 is 0.439 bits per heavy atom. The average molecular weight is 843 g/mol. The number of nitrogens with zero attached hydrogens (tertiary/aromatic N) is 2. The molecule has 1 aliphatic heterocycles. The van der Waals surface area contributed by atoms with Gasteiger partial charge in [-0.25, -0.2) is 0 Å². The minimum Gasteiger partial charge on any atom is -0.333 e. The van der Waals surface area contributed by atoms with Gasteiger partial charge >= 0.3 is 0 Å². The van der Waals surface area contributed by atoms with Crippen LogP contribution in [0.15, 0.2) is 231 Å². The van der Waals surface area contributed by atoms with Crippen LogP contribution in [0, 0.1) is 0 Å². The summed E-state index contributed by atoms with van der Waals surface area (Å²) >= 11 is 0. The van der Waals surface area contributed by atoms with E-state index in [4.69, 9.17) is 0 Å². The summed E-state index contributed by atoms with van der Waals surface area (Å²) in [5.41, 5.74) is 25.2. The van der Waals surface area contributed by atoms with E-state index in [1.807, 2.05) is 0 Å². The van der Waals surface area contributed by atoms with Crippen LogP contribution in [0.4, 0.5) is 28.4 Å². The molecule has 2 nitrogen and oxygen atoms in total. The van der Waals surface area contributed by atoms with Crippen LogP contribution in [0.3, 0.4) is 0 Å². The number of hydrogen-bond donors (Lipinski definition) is 0. The molecular formula is C64H46N2. The molecule has 9 aromatic rings. The molecule has 312 valence electrons. The molecule has 2 atom stereocenters. The monoisotopic (exact) mass is 842 g/mol. The van der Waals surface area contributed by atoms with E-state index in [1.54, 1.807) is 0 Å². The maximum absolute atomic E-state index is 2.59. The minimum atomic E-state index is -0.452. The molecule has 0 bridgehead atoms. The van der Waals surface area contributed by atoms with Crippen molar-refractivity contribution in [2.45, 2.75) is 36.6 Å². The predicted molar refractivity (Wildman–Crippen MR) is 274 cm³/mol. The Morgan fingerprint density at radius 3 is 1.73 bits per heavy atom. The fraction of sp³-hybridized carbons (Fsp3) is 0.0938. The van der Waals surface area contributed by atoms with Crippen LogP contribution in [0.25, 0.3) is 39.0 Å². The third-order valence-corrected chi connectivity index (χ3v) is 15.6. The summed E-state index contributed by atoms with van der Waals surface area (Å²) in [6.07, 6.45) is 7.37. The van der Waals surface area contributed by atoms with E-state index in [2.05, 4.69) is 254 Å². The number of rotatable bonds is 5. The predicted octanol–water partition coefficient (Wildman–Crippen LogP) is 16.1. The van der Waals surface area contributed by atoms with E-state index in [0.717, 1.165) is 11.4 Å². The number of fused-ring (bicyclic) bond motifs is 16. The van der Waals surface area contributed by atoms with Gasteiger partial charge in [-0.1, -0.05) is 202 Å². The Balaban J connectivity index is 1.01. The number of hydrogen-bond acceptors (Lipinski definition) is 2. The van der Waals surface area contributed by atoms with Gasteiger partial charge in [-0.05, 0) is 115 Å². The van der Waals surface area contributed by atoms with Crippen molar-refractivity contribution in [2.24, 2.45) is 0 Å². The van der Waals surface area contributed by atoms with Gasteiger partial charge in [0, 0.05) is 39.5 Å². The smallest absolute Gasteiger partial charge is 0.0726 e. The third-order valence-electron chi connectivity index (χ3n) is 15.6. The lowest BCUT2D eigenvalue weighted by molar-refractivity contribution is 0.660. The number of para-hydroxylation sites is 3. The third kappa shape index (κ3) is 4.91.